The van der Waals surface area contributed by atoms with Gasteiger partial charge in [0.2, 0.25) is 0 Å². The Hall–Kier alpha value is -2.89. The number of non-ortho nitro benzene ring substituents is 1. The summed E-state index contributed by atoms with van der Waals surface area (Å²) in [4.78, 5) is 23.9. The number of benzene rings is 2. The third kappa shape index (κ3) is 3.17. The van der Waals surface area contributed by atoms with E-state index >= 15 is 0 Å². The van der Waals surface area contributed by atoms with Crippen LogP contribution in [0.5, 0.6) is 5.75 Å². The summed E-state index contributed by atoms with van der Waals surface area (Å²) in [7, 11) is 3.15. The zero-order chi connectivity index (χ0) is 15.4. The smallest absolute Gasteiger partial charge is 0.269 e. The number of hydrogen-bond donors (Lipinski definition) is 0. The second-order valence-corrected chi connectivity index (χ2v) is 4.37. The summed E-state index contributed by atoms with van der Waals surface area (Å²) in [6, 6.07) is 12.6. The summed E-state index contributed by atoms with van der Waals surface area (Å²) in [6.07, 6.45) is 0. The minimum Gasteiger partial charge on any atom is -0.497 e. The monoisotopic (exact) mass is 286 g/mol. The molecule has 6 heteroatoms. The number of nitro groups is 1. The highest BCUT2D eigenvalue weighted by Crippen LogP contribution is 2.21. The van der Waals surface area contributed by atoms with Crippen molar-refractivity contribution in [1.29, 1.82) is 0 Å². The van der Waals surface area contributed by atoms with Crippen molar-refractivity contribution in [2.75, 3.05) is 19.1 Å². The minimum atomic E-state index is -0.479. The van der Waals surface area contributed by atoms with Gasteiger partial charge in [-0.05, 0) is 30.3 Å². The van der Waals surface area contributed by atoms with Crippen LogP contribution >= 0.6 is 0 Å². The van der Waals surface area contributed by atoms with Crippen molar-refractivity contribution in [3.05, 3.63) is 64.2 Å². The maximum absolute atomic E-state index is 12.4. The number of hydrogen-bond acceptors (Lipinski definition) is 4. The molecule has 0 fully saturated rings. The van der Waals surface area contributed by atoms with Gasteiger partial charge in [-0.3, -0.25) is 14.9 Å². The molecule has 1 amide bonds. The second-order valence-electron chi connectivity index (χ2n) is 4.37. The number of nitro benzene ring substituents is 1. The first-order chi connectivity index (χ1) is 10.0. The van der Waals surface area contributed by atoms with Crippen molar-refractivity contribution in [3.8, 4) is 5.75 Å². The predicted molar refractivity (Wildman–Crippen MR) is 78.8 cm³/mol. The summed E-state index contributed by atoms with van der Waals surface area (Å²) >= 11 is 0. The highest BCUT2D eigenvalue weighted by Gasteiger charge is 2.15. The van der Waals surface area contributed by atoms with E-state index in [2.05, 4.69) is 0 Å². The highest BCUT2D eigenvalue weighted by molar-refractivity contribution is 6.05. The molecule has 0 aromatic heterocycles. The van der Waals surface area contributed by atoms with E-state index in [1.807, 2.05) is 0 Å². The van der Waals surface area contributed by atoms with Crippen LogP contribution in [0.3, 0.4) is 0 Å². The lowest BCUT2D eigenvalue weighted by Crippen LogP contribution is -2.26. The molecule has 0 aliphatic carbocycles. The Balaban J connectivity index is 2.23. The molecule has 0 bridgehead atoms. The maximum atomic E-state index is 12.4. The van der Waals surface area contributed by atoms with Crippen molar-refractivity contribution in [1.82, 2.24) is 0 Å². The molecule has 2 aromatic carbocycles. The molecule has 0 atom stereocenters. The number of methoxy groups -OCH3 is 1. The molecule has 0 spiro atoms. The van der Waals surface area contributed by atoms with Crippen LogP contribution in [-0.4, -0.2) is 25.0 Å². The van der Waals surface area contributed by atoms with E-state index in [1.54, 1.807) is 31.3 Å². The molecule has 2 aromatic rings. The Morgan fingerprint density at radius 3 is 2.43 bits per heavy atom. The van der Waals surface area contributed by atoms with Gasteiger partial charge in [0.05, 0.1) is 12.0 Å². The van der Waals surface area contributed by atoms with E-state index in [1.165, 1.54) is 36.3 Å². The van der Waals surface area contributed by atoms with Gasteiger partial charge < -0.3 is 9.64 Å². The van der Waals surface area contributed by atoms with Crippen LogP contribution in [0.1, 0.15) is 10.4 Å². The van der Waals surface area contributed by atoms with Crippen molar-refractivity contribution in [2.45, 2.75) is 0 Å². The molecule has 0 aliphatic heterocycles. The fourth-order valence-corrected chi connectivity index (χ4v) is 1.86. The molecule has 2 rings (SSSR count). The molecule has 0 N–H and O–H groups in total. The standard InChI is InChI=1S/C15H14N2O4/c1-16(12-6-8-13(9-7-12)17(19)20)15(18)11-4-3-5-14(10-11)21-2/h3-10H,1-2H3. The Kier molecular flexibility index (Phi) is 4.18. The lowest BCUT2D eigenvalue weighted by atomic mass is 10.1. The predicted octanol–water partition coefficient (Wildman–Crippen LogP) is 2.88. The van der Waals surface area contributed by atoms with E-state index in [0.29, 0.717) is 17.0 Å². The maximum Gasteiger partial charge on any atom is 0.269 e. The zero-order valence-corrected chi connectivity index (χ0v) is 11.6. The summed E-state index contributed by atoms with van der Waals surface area (Å²) in [5.41, 5.74) is 1.05. The normalized spacial score (nSPS) is 10.0. The van der Waals surface area contributed by atoms with E-state index in [9.17, 15) is 14.9 Å². The molecule has 108 valence electrons. The minimum absolute atomic E-state index is 0.0130. The molecule has 0 radical (unpaired) electrons. The van der Waals surface area contributed by atoms with Gasteiger partial charge in [-0.2, -0.15) is 0 Å². The zero-order valence-electron chi connectivity index (χ0n) is 11.6. The van der Waals surface area contributed by atoms with Gasteiger partial charge in [0, 0.05) is 30.4 Å². The lowest BCUT2D eigenvalue weighted by molar-refractivity contribution is -0.384. The largest absolute Gasteiger partial charge is 0.497 e. The van der Waals surface area contributed by atoms with E-state index in [4.69, 9.17) is 4.74 Å². The summed E-state index contributed by atoms with van der Waals surface area (Å²) in [6.45, 7) is 0. The number of rotatable bonds is 4. The summed E-state index contributed by atoms with van der Waals surface area (Å²) < 4.78 is 5.09. The molecule has 0 saturated carbocycles. The Labute approximate surface area is 121 Å². The van der Waals surface area contributed by atoms with Gasteiger partial charge in [-0.15, -0.1) is 0 Å². The van der Waals surface area contributed by atoms with Gasteiger partial charge in [-0.25, -0.2) is 0 Å². The Morgan fingerprint density at radius 1 is 1.19 bits per heavy atom. The number of nitrogens with zero attached hydrogens (tertiary/aromatic N) is 2. The van der Waals surface area contributed by atoms with E-state index in [0.717, 1.165) is 0 Å². The average Bonchev–Trinajstić information content (AvgIpc) is 2.53. The van der Waals surface area contributed by atoms with E-state index < -0.39 is 4.92 Å². The van der Waals surface area contributed by atoms with Crippen molar-refractivity contribution >= 4 is 17.3 Å². The molecule has 0 saturated heterocycles. The van der Waals surface area contributed by atoms with Crippen molar-refractivity contribution < 1.29 is 14.5 Å². The first-order valence-electron chi connectivity index (χ1n) is 6.19. The molecule has 0 heterocycles. The Morgan fingerprint density at radius 2 is 1.86 bits per heavy atom. The van der Waals surface area contributed by atoms with Crippen molar-refractivity contribution in [2.24, 2.45) is 0 Å². The molecule has 0 unspecified atom stereocenters. The van der Waals surface area contributed by atoms with Crippen LogP contribution in [0.2, 0.25) is 0 Å². The number of carbonyl (C=O) groups excluding carboxylic acids is 1. The first kappa shape index (κ1) is 14.5. The fourth-order valence-electron chi connectivity index (χ4n) is 1.86. The lowest BCUT2D eigenvalue weighted by Gasteiger charge is -2.17. The SMILES string of the molecule is COc1cccc(C(=O)N(C)c2ccc([N+](=O)[O-])cc2)c1. The van der Waals surface area contributed by atoms with Crippen LogP contribution in [0.4, 0.5) is 11.4 Å². The third-order valence-corrected chi connectivity index (χ3v) is 3.07. The topological polar surface area (TPSA) is 72.7 Å². The van der Waals surface area contributed by atoms with Crippen LogP contribution in [0.25, 0.3) is 0 Å². The fraction of sp³-hybridized carbons (Fsp3) is 0.133. The van der Waals surface area contributed by atoms with Gasteiger partial charge in [0.15, 0.2) is 0 Å². The highest BCUT2D eigenvalue weighted by atomic mass is 16.6. The average molecular weight is 286 g/mol. The summed E-state index contributed by atoms with van der Waals surface area (Å²) in [5.74, 6) is 0.376. The van der Waals surface area contributed by atoms with Crippen LogP contribution in [0.15, 0.2) is 48.5 Å². The molecule has 6 nitrogen and oxygen atoms in total. The quantitative estimate of drug-likeness (QED) is 0.640. The number of ether oxygens (including phenoxy) is 1. The number of amides is 1. The van der Waals surface area contributed by atoms with Gasteiger partial charge in [0.1, 0.15) is 5.75 Å². The molecule has 21 heavy (non-hydrogen) atoms. The van der Waals surface area contributed by atoms with Gasteiger partial charge >= 0.3 is 0 Å². The second kappa shape index (κ2) is 6.04. The Bertz CT molecular complexity index is 668. The molecular weight excluding hydrogens is 272 g/mol. The number of carbonyl (C=O) groups is 1. The van der Waals surface area contributed by atoms with Crippen LogP contribution in [0, 0.1) is 10.1 Å². The van der Waals surface area contributed by atoms with Crippen LogP contribution < -0.4 is 9.64 Å². The first-order valence-corrected chi connectivity index (χ1v) is 6.19. The van der Waals surface area contributed by atoms with Crippen LogP contribution in [-0.2, 0) is 0 Å². The molecular formula is C15H14N2O4. The van der Waals surface area contributed by atoms with Crippen molar-refractivity contribution in [3.63, 3.8) is 0 Å². The number of anilines is 1. The van der Waals surface area contributed by atoms with E-state index in [-0.39, 0.29) is 11.6 Å². The van der Waals surface area contributed by atoms with Gasteiger partial charge in [0.25, 0.3) is 11.6 Å². The molecule has 0 aliphatic rings. The third-order valence-electron chi connectivity index (χ3n) is 3.07. The van der Waals surface area contributed by atoms with Gasteiger partial charge in [-0.1, -0.05) is 6.07 Å². The summed E-state index contributed by atoms with van der Waals surface area (Å²) in [5, 5.41) is 10.6.